The van der Waals surface area contributed by atoms with Crippen LogP contribution < -0.4 is 4.90 Å². The van der Waals surface area contributed by atoms with Crippen molar-refractivity contribution in [3.8, 4) is 0 Å². The van der Waals surface area contributed by atoms with Crippen molar-refractivity contribution in [2.45, 2.75) is 13.0 Å². The van der Waals surface area contributed by atoms with Crippen LogP contribution in [0.15, 0.2) is 89.9 Å². The Kier molecular flexibility index (Phi) is 3.90. The van der Waals surface area contributed by atoms with Crippen LogP contribution in [0, 0.1) is 6.92 Å². The first kappa shape index (κ1) is 15.3. The molecule has 1 unspecified atom stereocenters. The Morgan fingerprint density at radius 3 is 2.04 bits per heavy atom. The van der Waals surface area contributed by atoms with Gasteiger partial charge in [0.1, 0.15) is 5.84 Å². The maximum Gasteiger partial charge on any atom is 0.262 e. The molecule has 1 atom stereocenters. The summed E-state index contributed by atoms with van der Waals surface area (Å²) >= 11 is 0. The van der Waals surface area contributed by atoms with E-state index >= 15 is 0 Å². The summed E-state index contributed by atoms with van der Waals surface area (Å²) in [6.07, 6.45) is 0. The van der Waals surface area contributed by atoms with Crippen molar-refractivity contribution in [3.05, 3.63) is 102 Å². The van der Waals surface area contributed by atoms with Crippen LogP contribution in [-0.2, 0) is 4.79 Å². The van der Waals surface area contributed by atoms with E-state index in [0.29, 0.717) is 5.84 Å². The van der Waals surface area contributed by atoms with E-state index in [0.717, 1.165) is 22.4 Å². The van der Waals surface area contributed by atoms with Gasteiger partial charge in [-0.05, 0) is 24.6 Å². The number of nitrogens with zero attached hydrogens (tertiary/aromatic N) is 2. The van der Waals surface area contributed by atoms with Crippen molar-refractivity contribution >= 4 is 17.4 Å². The van der Waals surface area contributed by atoms with Crippen molar-refractivity contribution in [3.63, 3.8) is 0 Å². The topological polar surface area (TPSA) is 32.7 Å². The molecular weight excluding hydrogens is 308 g/mol. The SMILES string of the molecule is Cc1ccc(N2C(=O)C(c3ccccc3)N=C2c2ccccc2)cc1. The first-order valence-electron chi connectivity index (χ1n) is 8.33. The number of hydrogen-bond donors (Lipinski definition) is 0. The number of hydrogen-bond acceptors (Lipinski definition) is 2. The lowest BCUT2D eigenvalue weighted by molar-refractivity contribution is -0.118. The summed E-state index contributed by atoms with van der Waals surface area (Å²) in [5.74, 6) is 0.678. The first-order chi connectivity index (χ1) is 12.2. The number of carbonyl (C=O) groups excluding carboxylic acids is 1. The fourth-order valence-corrected chi connectivity index (χ4v) is 3.05. The minimum Gasteiger partial charge on any atom is -0.271 e. The second kappa shape index (κ2) is 6.36. The molecule has 3 aromatic carbocycles. The molecule has 4 rings (SSSR count). The van der Waals surface area contributed by atoms with Crippen LogP contribution >= 0.6 is 0 Å². The monoisotopic (exact) mass is 326 g/mol. The highest BCUT2D eigenvalue weighted by Crippen LogP contribution is 2.32. The normalized spacial score (nSPS) is 16.8. The zero-order valence-electron chi connectivity index (χ0n) is 14.0. The standard InChI is InChI=1S/C22H18N2O/c1-16-12-14-19(15-13-16)24-21(18-10-6-3-7-11-18)23-20(22(24)25)17-8-4-2-5-9-17/h2-15,20H,1H3. The quantitative estimate of drug-likeness (QED) is 0.696. The summed E-state index contributed by atoms with van der Waals surface area (Å²) in [6.45, 7) is 2.04. The molecule has 3 aromatic rings. The van der Waals surface area contributed by atoms with Crippen LogP contribution in [0.1, 0.15) is 22.7 Å². The van der Waals surface area contributed by atoms with Crippen LogP contribution in [0.4, 0.5) is 5.69 Å². The van der Waals surface area contributed by atoms with Crippen LogP contribution in [0.2, 0.25) is 0 Å². The molecule has 0 aliphatic carbocycles. The molecule has 1 heterocycles. The predicted octanol–water partition coefficient (Wildman–Crippen LogP) is 4.53. The number of benzene rings is 3. The van der Waals surface area contributed by atoms with Gasteiger partial charge in [-0.3, -0.25) is 9.69 Å². The second-order valence-electron chi connectivity index (χ2n) is 6.14. The van der Waals surface area contributed by atoms with Gasteiger partial charge in [0.25, 0.3) is 5.91 Å². The number of rotatable bonds is 3. The van der Waals surface area contributed by atoms with E-state index in [1.54, 1.807) is 4.90 Å². The van der Waals surface area contributed by atoms with E-state index in [-0.39, 0.29) is 5.91 Å². The number of aryl methyl sites for hydroxylation is 1. The van der Waals surface area contributed by atoms with Gasteiger partial charge in [-0.2, -0.15) is 0 Å². The van der Waals surface area contributed by atoms with E-state index in [2.05, 4.69) is 0 Å². The van der Waals surface area contributed by atoms with Gasteiger partial charge in [-0.15, -0.1) is 0 Å². The van der Waals surface area contributed by atoms with E-state index in [1.165, 1.54) is 0 Å². The highest BCUT2D eigenvalue weighted by Gasteiger charge is 2.37. The largest absolute Gasteiger partial charge is 0.271 e. The van der Waals surface area contributed by atoms with Crippen LogP contribution in [0.3, 0.4) is 0 Å². The fourth-order valence-electron chi connectivity index (χ4n) is 3.05. The van der Waals surface area contributed by atoms with Crippen molar-refractivity contribution in [2.24, 2.45) is 4.99 Å². The third kappa shape index (κ3) is 2.85. The molecule has 1 aliphatic heterocycles. The van der Waals surface area contributed by atoms with Gasteiger partial charge in [0, 0.05) is 5.56 Å². The third-order valence-electron chi connectivity index (χ3n) is 4.36. The van der Waals surface area contributed by atoms with Crippen molar-refractivity contribution < 1.29 is 4.79 Å². The molecule has 0 aromatic heterocycles. The summed E-state index contributed by atoms with van der Waals surface area (Å²) in [7, 11) is 0. The molecule has 0 saturated heterocycles. The lowest BCUT2D eigenvalue weighted by Gasteiger charge is -2.20. The molecule has 0 fully saturated rings. The highest BCUT2D eigenvalue weighted by molar-refractivity contribution is 6.28. The lowest BCUT2D eigenvalue weighted by atomic mass is 10.1. The minimum absolute atomic E-state index is 0.0195. The zero-order valence-corrected chi connectivity index (χ0v) is 14.0. The molecular formula is C22H18N2O. The molecule has 0 N–H and O–H groups in total. The Bertz CT molecular complexity index is 915. The number of anilines is 1. The smallest absolute Gasteiger partial charge is 0.262 e. The lowest BCUT2D eigenvalue weighted by Crippen LogP contribution is -2.33. The van der Waals surface area contributed by atoms with Gasteiger partial charge in [-0.1, -0.05) is 78.4 Å². The minimum atomic E-state index is -0.502. The van der Waals surface area contributed by atoms with E-state index < -0.39 is 6.04 Å². The molecule has 1 aliphatic rings. The summed E-state index contributed by atoms with van der Waals surface area (Å²) in [5, 5.41) is 0. The maximum atomic E-state index is 13.2. The van der Waals surface area contributed by atoms with Crippen LogP contribution in [0.5, 0.6) is 0 Å². The molecule has 3 nitrogen and oxygen atoms in total. The number of carbonyl (C=O) groups is 1. The van der Waals surface area contributed by atoms with Gasteiger partial charge in [0.15, 0.2) is 6.04 Å². The average Bonchev–Trinajstić information content (AvgIpc) is 3.01. The van der Waals surface area contributed by atoms with E-state index in [9.17, 15) is 4.79 Å². The fraction of sp³-hybridized carbons (Fsp3) is 0.0909. The van der Waals surface area contributed by atoms with Gasteiger partial charge in [0.05, 0.1) is 5.69 Å². The van der Waals surface area contributed by atoms with Crippen molar-refractivity contribution in [1.29, 1.82) is 0 Å². The number of amides is 1. The molecule has 0 radical (unpaired) electrons. The van der Waals surface area contributed by atoms with Gasteiger partial charge in [-0.25, -0.2) is 4.99 Å². The summed E-state index contributed by atoms with van der Waals surface area (Å²) in [5.41, 5.74) is 3.86. The van der Waals surface area contributed by atoms with Crippen LogP contribution in [-0.4, -0.2) is 11.7 Å². The summed E-state index contributed by atoms with van der Waals surface area (Å²) in [6, 6.07) is 27.1. The summed E-state index contributed by atoms with van der Waals surface area (Å²) < 4.78 is 0. The first-order valence-corrected chi connectivity index (χ1v) is 8.33. The zero-order chi connectivity index (χ0) is 17.2. The molecule has 0 spiro atoms. The molecule has 3 heteroatoms. The van der Waals surface area contributed by atoms with Crippen molar-refractivity contribution in [2.75, 3.05) is 4.90 Å². The highest BCUT2D eigenvalue weighted by atomic mass is 16.2. The Morgan fingerprint density at radius 2 is 1.40 bits per heavy atom. The molecule has 122 valence electrons. The average molecular weight is 326 g/mol. The van der Waals surface area contributed by atoms with Crippen molar-refractivity contribution in [1.82, 2.24) is 0 Å². The maximum absolute atomic E-state index is 13.2. The Morgan fingerprint density at radius 1 is 0.800 bits per heavy atom. The number of amidine groups is 1. The van der Waals surface area contributed by atoms with Gasteiger partial charge in [0.2, 0.25) is 0 Å². The number of aliphatic imine (C=N–C) groups is 1. The molecule has 25 heavy (non-hydrogen) atoms. The molecule has 1 amide bonds. The predicted molar refractivity (Wildman–Crippen MR) is 101 cm³/mol. The summed E-state index contributed by atoms with van der Waals surface area (Å²) in [4.78, 5) is 19.7. The Labute approximate surface area is 147 Å². The van der Waals surface area contributed by atoms with Crippen LogP contribution in [0.25, 0.3) is 0 Å². The Balaban J connectivity index is 1.82. The van der Waals surface area contributed by atoms with Gasteiger partial charge >= 0.3 is 0 Å². The van der Waals surface area contributed by atoms with Gasteiger partial charge < -0.3 is 0 Å². The van der Waals surface area contributed by atoms with E-state index in [1.807, 2.05) is 91.9 Å². The van der Waals surface area contributed by atoms with E-state index in [4.69, 9.17) is 4.99 Å². The molecule has 0 saturated carbocycles. The second-order valence-corrected chi connectivity index (χ2v) is 6.14. The third-order valence-corrected chi connectivity index (χ3v) is 4.36. The Hall–Kier alpha value is -3.20. The molecule has 0 bridgehead atoms.